The molecule has 0 aromatic heterocycles. The van der Waals surface area contributed by atoms with E-state index >= 15 is 0 Å². The van der Waals surface area contributed by atoms with Gasteiger partial charge in [-0.25, -0.2) is 0 Å². The van der Waals surface area contributed by atoms with Crippen LogP contribution in [-0.2, 0) is 19.1 Å². The van der Waals surface area contributed by atoms with Gasteiger partial charge in [0.1, 0.15) is 0 Å². The highest BCUT2D eigenvalue weighted by Gasteiger charge is 2.10. The Balaban J connectivity index is 2.35. The molecule has 0 fully saturated rings. The summed E-state index contributed by atoms with van der Waals surface area (Å²) in [5.41, 5.74) is 0.361. The van der Waals surface area contributed by atoms with Gasteiger partial charge in [0.25, 0.3) is 0 Å². The summed E-state index contributed by atoms with van der Waals surface area (Å²) >= 11 is 11.7. The lowest BCUT2D eigenvalue weighted by Crippen LogP contribution is -2.33. The van der Waals surface area contributed by atoms with Crippen LogP contribution >= 0.6 is 23.2 Å². The molecule has 0 aliphatic rings. The van der Waals surface area contributed by atoms with E-state index < -0.39 is 17.8 Å². The Morgan fingerprint density at radius 2 is 1.86 bits per heavy atom. The Labute approximate surface area is 138 Å². The molecule has 2 N–H and O–H groups in total. The van der Waals surface area contributed by atoms with Crippen LogP contribution in [0.25, 0.3) is 0 Å². The van der Waals surface area contributed by atoms with Crippen molar-refractivity contribution in [2.24, 2.45) is 0 Å². The van der Waals surface area contributed by atoms with Crippen molar-refractivity contribution < 1.29 is 19.1 Å². The fourth-order valence-electron chi connectivity index (χ4n) is 1.50. The molecule has 0 saturated heterocycles. The van der Waals surface area contributed by atoms with Gasteiger partial charge in [-0.3, -0.25) is 14.4 Å². The summed E-state index contributed by atoms with van der Waals surface area (Å²) < 4.78 is 4.70. The first-order valence-corrected chi connectivity index (χ1v) is 7.35. The Hall–Kier alpha value is -1.79. The molecule has 1 rings (SSSR count). The molecule has 22 heavy (non-hydrogen) atoms. The molecule has 0 radical (unpaired) electrons. The number of carbonyl (C=O) groups is 3. The number of ether oxygens (including phenoxy) is 1. The standard InChI is InChI=1S/C14H16Cl2N2O4/c1-2-22-14(21)6-5-12(19)17-8-13(20)18-11-7-9(15)3-4-10(11)16/h3-4,7H,2,5-6,8H2,1H3,(H,17,19)(H,18,20). The van der Waals surface area contributed by atoms with Crippen LogP contribution in [0.15, 0.2) is 18.2 Å². The molecule has 1 aromatic carbocycles. The Morgan fingerprint density at radius 3 is 2.55 bits per heavy atom. The smallest absolute Gasteiger partial charge is 0.306 e. The number of hydrogen-bond donors (Lipinski definition) is 2. The second-order valence-electron chi connectivity index (χ2n) is 4.25. The number of esters is 1. The third-order valence-electron chi connectivity index (χ3n) is 2.51. The summed E-state index contributed by atoms with van der Waals surface area (Å²) in [6.07, 6.45) is -0.0640. The third kappa shape index (κ3) is 6.78. The monoisotopic (exact) mass is 346 g/mol. The molecular formula is C14H16Cl2N2O4. The van der Waals surface area contributed by atoms with E-state index in [2.05, 4.69) is 10.6 Å². The van der Waals surface area contributed by atoms with E-state index in [-0.39, 0.29) is 26.0 Å². The van der Waals surface area contributed by atoms with E-state index in [0.29, 0.717) is 15.7 Å². The summed E-state index contributed by atoms with van der Waals surface area (Å²) in [7, 11) is 0. The topological polar surface area (TPSA) is 84.5 Å². The number of anilines is 1. The lowest BCUT2D eigenvalue weighted by atomic mass is 10.3. The minimum atomic E-state index is -0.451. The SMILES string of the molecule is CCOC(=O)CCC(=O)NCC(=O)Nc1cc(Cl)ccc1Cl. The van der Waals surface area contributed by atoms with Crippen LogP contribution in [0.1, 0.15) is 19.8 Å². The van der Waals surface area contributed by atoms with Crippen molar-refractivity contribution >= 4 is 46.7 Å². The maximum Gasteiger partial charge on any atom is 0.306 e. The average Bonchev–Trinajstić information content (AvgIpc) is 2.47. The lowest BCUT2D eigenvalue weighted by Gasteiger charge is -2.08. The van der Waals surface area contributed by atoms with E-state index in [1.54, 1.807) is 19.1 Å². The van der Waals surface area contributed by atoms with Gasteiger partial charge in [0.2, 0.25) is 11.8 Å². The quantitative estimate of drug-likeness (QED) is 0.742. The molecule has 0 atom stereocenters. The molecule has 2 amide bonds. The van der Waals surface area contributed by atoms with Crippen molar-refractivity contribution in [1.29, 1.82) is 0 Å². The molecule has 8 heteroatoms. The second kappa shape index (κ2) is 9.27. The number of halogens is 2. The number of rotatable bonds is 7. The second-order valence-corrected chi connectivity index (χ2v) is 5.10. The lowest BCUT2D eigenvalue weighted by molar-refractivity contribution is -0.144. The van der Waals surface area contributed by atoms with E-state index in [0.717, 1.165) is 0 Å². The molecule has 0 aliphatic carbocycles. The zero-order chi connectivity index (χ0) is 16.5. The van der Waals surface area contributed by atoms with Gasteiger partial charge < -0.3 is 15.4 Å². The maximum absolute atomic E-state index is 11.7. The van der Waals surface area contributed by atoms with Crippen LogP contribution in [0.5, 0.6) is 0 Å². The Morgan fingerprint density at radius 1 is 1.14 bits per heavy atom. The van der Waals surface area contributed by atoms with Crippen molar-refractivity contribution in [3.8, 4) is 0 Å². The number of carbonyl (C=O) groups excluding carboxylic acids is 3. The van der Waals surface area contributed by atoms with Crippen molar-refractivity contribution in [1.82, 2.24) is 5.32 Å². The number of benzene rings is 1. The van der Waals surface area contributed by atoms with Crippen LogP contribution in [-0.4, -0.2) is 30.9 Å². The van der Waals surface area contributed by atoms with Crippen molar-refractivity contribution in [2.45, 2.75) is 19.8 Å². The first-order chi connectivity index (χ1) is 10.4. The molecule has 120 valence electrons. The fraction of sp³-hybridized carbons (Fsp3) is 0.357. The van der Waals surface area contributed by atoms with Crippen molar-refractivity contribution in [3.05, 3.63) is 28.2 Å². The third-order valence-corrected chi connectivity index (χ3v) is 3.07. The van der Waals surface area contributed by atoms with Gasteiger partial charge in [-0.2, -0.15) is 0 Å². The van der Waals surface area contributed by atoms with Crippen LogP contribution in [0, 0.1) is 0 Å². The summed E-state index contributed by atoms with van der Waals surface area (Å²) in [4.78, 5) is 34.3. The number of hydrogen-bond acceptors (Lipinski definition) is 4. The highest BCUT2D eigenvalue weighted by atomic mass is 35.5. The average molecular weight is 347 g/mol. The predicted octanol–water partition coefficient (Wildman–Crippen LogP) is 2.39. The van der Waals surface area contributed by atoms with Gasteiger partial charge in [0.15, 0.2) is 0 Å². The van der Waals surface area contributed by atoms with Crippen molar-refractivity contribution in [2.75, 3.05) is 18.5 Å². The molecule has 0 heterocycles. The van der Waals surface area contributed by atoms with Gasteiger partial charge in [-0.15, -0.1) is 0 Å². The Bertz CT molecular complexity index is 564. The molecule has 0 bridgehead atoms. The molecule has 0 spiro atoms. The molecule has 1 aromatic rings. The normalized spacial score (nSPS) is 9.95. The number of nitrogens with one attached hydrogen (secondary N) is 2. The van der Waals surface area contributed by atoms with Crippen LogP contribution in [0.3, 0.4) is 0 Å². The van der Waals surface area contributed by atoms with E-state index in [1.165, 1.54) is 6.07 Å². The highest BCUT2D eigenvalue weighted by Crippen LogP contribution is 2.25. The van der Waals surface area contributed by atoms with Crippen LogP contribution < -0.4 is 10.6 Å². The van der Waals surface area contributed by atoms with Gasteiger partial charge >= 0.3 is 5.97 Å². The first-order valence-electron chi connectivity index (χ1n) is 6.59. The maximum atomic E-state index is 11.7. The summed E-state index contributed by atoms with van der Waals surface area (Å²) in [5.74, 6) is -1.32. The highest BCUT2D eigenvalue weighted by molar-refractivity contribution is 6.35. The summed E-state index contributed by atoms with van der Waals surface area (Å²) in [6, 6.07) is 4.65. The van der Waals surface area contributed by atoms with E-state index in [1.807, 2.05) is 0 Å². The summed E-state index contributed by atoms with van der Waals surface area (Å²) in [6.45, 7) is 1.72. The predicted molar refractivity (Wildman–Crippen MR) is 84.0 cm³/mol. The van der Waals surface area contributed by atoms with Gasteiger partial charge in [0.05, 0.1) is 30.3 Å². The summed E-state index contributed by atoms with van der Waals surface area (Å²) in [5, 5.41) is 5.70. The van der Waals surface area contributed by atoms with Crippen molar-refractivity contribution in [3.63, 3.8) is 0 Å². The molecule has 0 aliphatic heterocycles. The fourth-order valence-corrected chi connectivity index (χ4v) is 1.84. The largest absolute Gasteiger partial charge is 0.466 e. The number of amides is 2. The van der Waals surface area contributed by atoms with E-state index in [9.17, 15) is 14.4 Å². The van der Waals surface area contributed by atoms with Gasteiger partial charge in [-0.05, 0) is 25.1 Å². The van der Waals surface area contributed by atoms with Gasteiger partial charge in [-0.1, -0.05) is 23.2 Å². The molecule has 0 unspecified atom stereocenters. The molecular weight excluding hydrogens is 331 g/mol. The Kier molecular flexibility index (Phi) is 7.70. The minimum absolute atomic E-state index is 0.0264. The van der Waals surface area contributed by atoms with Crippen LogP contribution in [0.2, 0.25) is 10.0 Å². The van der Waals surface area contributed by atoms with E-state index in [4.69, 9.17) is 27.9 Å². The zero-order valence-corrected chi connectivity index (χ0v) is 13.5. The first kappa shape index (κ1) is 18.3. The van der Waals surface area contributed by atoms with Gasteiger partial charge in [0, 0.05) is 11.4 Å². The molecule has 0 saturated carbocycles. The van der Waals surface area contributed by atoms with Crippen LogP contribution in [0.4, 0.5) is 5.69 Å². The minimum Gasteiger partial charge on any atom is -0.466 e. The zero-order valence-electron chi connectivity index (χ0n) is 11.9. The molecule has 6 nitrogen and oxygen atoms in total.